The van der Waals surface area contributed by atoms with Crippen molar-refractivity contribution in [3.63, 3.8) is 0 Å². The Morgan fingerprint density at radius 2 is 2.12 bits per heavy atom. The van der Waals surface area contributed by atoms with Crippen LogP contribution in [-0.2, 0) is 11.2 Å². The topological polar surface area (TPSA) is 65.2 Å². The van der Waals surface area contributed by atoms with E-state index in [9.17, 15) is 4.79 Å². The monoisotopic (exact) mass is 238 g/mol. The highest BCUT2D eigenvalue weighted by molar-refractivity contribution is 5.83. The standard InChI is InChI=1S/C12H18N2O3/c1-2-16-12(15)11-14-13-10(17-11)8-9-6-4-3-5-7-9/h9H,2-8H2,1H3. The number of hydrogen-bond donors (Lipinski definition) is 0. The minimum Gasteiger partial charge on any atom is -0.459 e. The summed E-state index contributed by atoms with van der Waals surface area (Å²) in [6.07, 6.45) is 7.11. The first-order valence-electron chi connectivity index (χ1n) is 6.29. The summed E-state index contributed by atoms with van der Waals surface area (Å²) in [7, 11) is 0. The molecule has 0 aromatic carbocycles. The highest BCUT2D eigenvalue weighted by atomic mass is 16.5. The van der Waals surface area contributed by atoms with Crippen molar-refractivity contribution in [1.82, 2.24) is 10.2 Å². The molecule has 0 spiro atoms. The number of esters is 1. The molecule has 17 heavy (non-hydrogen) atoms. The zero-order valence-electron chi connectivity index (χ0n) is 10.1. The SMILES string of the molecule is CCOC(=O)c1nnc(CC2CCCCC2)o1. The van der Waals surface area contributed by atoms with Gasteiger partial charge in [-0.1, -0.05) is 19.3 Å². The molecule has 0 radical (unpaired) electrons. The van der Waals surface area contributed by atoms with Crippen LogP contribution in [0.1, 0.15) is 55.6 Å². The van der Waals surface area contributed by atoms with Crippen molar-refractivity contribution in [3.05, 3.63) is 11.8 Å². The van der Waals surface area contributed by atoms with E-state index in [1.54, 1.807) is 6.92 Å². The summed E-state index contributed by atoms with van der Waals surface area (Å²) in [4.78, 5) is 11.3. The van der Waals surface area contributed by atoms with Crippen molar-refractivity contribution in [1.29, 1.82) is 0 Å². The highest BCUT2D eigenvalue weighted by Gasteiger charge is 2.20. The lowest BCUT2D eigenvalue weighted by Gasteiger charge is -2.19. The molecule has 0 saturated heterocycles. The average molecular weight is 238 g/mol. The van der Waals surface area contributed by atoms with E-state index >= 15 is 0 Å². The second-order valence-corrected chi connectivity index (χ2v) is 4.43. The van der Waals surface area contributed by atoms with Gasteiger partial charge in [0.15, 0.2) is 0 Å². The molecule has 5 nitrogen and oxygen atoms in total. The zero-order chi connectivity index (χ0) is 12.1. The van der Waals surface area contributed by atoms with Crippen molar-refractivity contribution >= 4 is 5.97 Å². The van der Waals surface area contributed by atoms with E-state index in [2.05, 4.69) is 10.2 Å². The number of aromatic nitrogens is 2. The smallest absolute Gasteiger partial charge is 0.396 e. The predicted octanol–water partition coefficient (Wildman–Crippen LogP) is 2.37. The maximum Gasteiger partial charge on any atom is 0.396 e. The molecule has 0 unspecified atom stereocenters. The summed E-state index contributed by atoms with van der Waals surface area (Å²) in [5, 5.41) is 7.61. The zero-order valence-corrected chi connectivity index (χ0v) is 10.1. The van der Waals surface area contributed by atoms with Gasteiger partial charge in [0.05, 0.1) is 6.61 Å². The van der Waals surface area contributed by atoms with Crippen LogP contribution in [0.4, 0.5) is 0 Å². The summed E-state index contributed by atoms with van der Waals surface area (Å²) in [6.45, 7) is 2.07. The van der Waals surface area contributed by atoms with Crippen LogP contribution < -0.4 is 0 Å². The van der Waals surface area contributed by atoms with Gasteiger partial charge < -0.3 is 9.15 Å². The van der Waals surface area contributed by atoms with E-state index in [0.717, 1.165) is 6.42 Å². The van der Waals surface area contributed by atoms with Crippen molar-refractivity contribution in [3.8, 4) is 0 Å². The largest absolute Gasteiger partial charge is 0.459 e. The molecule has 5 heteroatoms. The molecule has 1 saturated carbocycles. The quantitative estimate of drug-likeness (QED) is 0.753. The van der Waals surface area contributed by atoms with Crippen molar-refractivity contribution < 1.29 is 13.9 Å². The van der Waals surface area contributed by atoms with Crippen molar-refractivity contribution in [2.24, 2.45) is 5.92 Å². The van der Waals surface area contributed by atoms with Crippen LogP contribution in [-0.4, -0.2) is 22.8 Å². The van der Waals surface area contributed by atoms with E-state index in [0.29, 0.717) is 18.4 Å². The maximum absolute atomic E-state index is 11.3. The number of carbonyl (C=O) groups excluding carboxylic acids is 1. The van der Waals surface area contributed by atoms with Gasteiger partial charge in [-0.3, -0.25) is 0 Å². The van der Waals surface area contributed by atoms with Crippen LogP contribution in [0.2, 0.25) is 0 Å². The van der Waals surface area contributed by atoms with Crippen LogP contribution in [0, 0.1) is 5.92 Å². The molecule has 0 N–H and O–H groups in total. The lowest BCUT2D eigenvalue weighted by Crippen LogP contribution is -2.09. The first-order valence-corrected chi connectivity index (χ1v) is 6.29. The van der Waals surface area contributed by atoms with Gasteiger partial charge in [0.1, 0.15) is 0 Å². The molecule has 2 rings (SSSR count). The minimum absolute atomic E-state index is 0.0299. The van der Waals surface area contributed by atoms with Gasteiger partial charge >= 0.3 is 11.9 Å². The van der Waals surface area contributed by atoms with Crippen molar-refractivity contribution in [2.45, 2.75) is 45.4 Å². The van der Waals surface area contributed by atoms with Crippen molar-refractivity contribution in [2.75, 3.05) is 6.61 Å². The van der Waals surface area contributed by atoms with Gasteiger partial charge in [-0.15, -0.1) is 10.2 Å². The van der Waals surface area contributed by atoms with E-state index in [-0.39, 0.29) is 5.89 Å². The third kappa shape index (κ3) is 3.28. The molecule has 0 atom stereocenters. The molecule has 1 aliphatic carbocycles. The molecular weight excluding hydrogens is 220 g/mol. The first-order chi connectivity index (χ1) is 8.29. The fourth-order valence-electron chi connectivity index (χ4n) is 2.25. The highest BCUT2D eigenvalue weighted by Crippen LogP contribution is 2.26. The van der Waals surface area contributed by atoms with Gasteiger partial charge in [-0.2, -0.15) is 0 Å². The molecular formula is C12H18N2O3. The van der Waals surface area contributed by atoms with E-state index in [1.165, 1.54) is 32.1 Å². The lowest BCUT2D eigenvalue weighted by molar-refractivity contribution is 0.0478. The number of nitrogens with zero attached hydrogens (tertiary/aromatic N) is 2. The fraction of sp³-hybridized carbons (Fsp3) is 0.750. The molecule has 1 heterocycles. The van der Waals surface area contributed by atoms with Gasteiger partial charge in [-0.05, 0) is 25.7 Å². The van der Waals surface area contributed by atoms with Gasteiger partial charge in [-0.25, -0.2) is 4.79 Å². The van der Waals surface area contributed by atoms with Crippen LogP contribution in [0.25, 0.3) is 0 Å². The Balaban J connectivity index is 1.91. The normalized spacial score (nSPS) is 17.0. The molecule has 0 amide bonds. The molecule has 0 aliphatic heterocycles. The first kappa shape index (κ1) is 12.1. The second kappa shape index (κ2) is 5.80. The Bertz CT molecular complexity index is 370. The number of ether oxygens (including phenoxy) is 1. The van der Waals surface area contributed by atoms with E-state index < -0.39 is 5.97 Å². The van der Waals surface area contributed by atoms with E-state index in [1.807, 2.05) is 0 Å². The van der Waals surface area contributed by atoms with Crippen LogP contribution in [0.15, 0.2) is 4.42 Å². The van der Waals surface area contributed by atoms with Gasteiger partial charge in [0.25, 0.3) is 0 Å². The average Bonchev–Trinajstić information content (AvgIpc) is 2.79. The summed E-state index contributed by atoms with van der Waals surface area (Å²) in [5.74, 6) is 0.617. The third-order valence-corrected chi connectivity index (χ3v) is 3.10. The predicted molar refractivity (Wildman–Crippen MR) is 60.5 cm³/mol. The molecule has 94 valence electrons. The lowest BCUT2D eigenvalue weighted by atomic mass is 9.87. The minimum atomic E-state index is -0.533. The van der Waals surface area contributed by atoms with Crippen LogP contribution in [0.3, 0.4) is 0 Å². The Labute approximate surface area is 101 Å². The Hall–Kier alpha value is -1.39. The maximum atomic E-state index is 11.3. The Morgan fingerprint density at radius 3 is 2.82 bits per heavy atom. The molecule has 1 aromatic heterocycles. The number of carbonyl (C=O) groups is 1. The Kier molecular flexibility index (Phi) is 4.12. The molecule has 1 fully saturated rings. The van der Waals surface area contributed by atoms with E-state index in [4.69, 9.17) is 9.15 Å². The summed E-state index contributed by atoms with van der Waals surface area (Å²) in [5.41, 5.74) is 0. The summed E-state index contributed by atoms with van der Waals surface area (Å²) in [6, 6.07) is 0. The molecule has 1 aromatic rings. The summed E-state index contributed by atoms with van der Waals surface area (Å²) < 4.78 is 10.1. The van der Waals surface area contributed by atoms with Crippen LogP contribution >= 0.6 is 0 Å². The fourth-order valence-corrected chi connectivity index (χ4v) is 2.25. The number of rotatable bonds is 4. The summed E-state index contributed by atoms with van der Waals surface area (Å²) >= 11 is 0. The molecule has 1 aliphatic rings. The van der Waals surface area contributed by atoms with Gasteiger partial charge in [0.2, 0.25) is 5.89 Å². The van der Waals surface area contributed by atoms with Crippen LogP contribution in [0.5, 0.6) is 0 Å². The Morgan fingerprint density at radius 1 is 1.35 bits per heavy atom. The third-order valence-electron chi connectivity index (χ3n) is 3.10. The molecule has 0 bridgehead atoms. The number of hydrogen-bond acceptors (Lipinski definition) is 5. The van der Waals surface area contributed by atoms with Gasteiger partial charge in [0, 0.05) is 6.42 Å². The second-order valence-electron chi connectivity index (χ2n) is 4.43.